The summed E-state index contributed by atoms with van der Waals surface area (Å²) in [5.74, 6) is 1.70. The molecule has 4 fully saturated rings. The lowest BCUT2D eigenvalue weighted by molar-refractivity contribution is -0.0745. The van der Waals surface area contributed by atoms with Crippen molar-refractivity contribution in [2.24, 2.45) is 11.8 Å². The largest absolute Gasteiger partial charge is 0.381 e. The summed E-state index contributed by atoms with van der Waals surface area (Å²) in [5.41, 5.74) is 0. The van der Waals surface area contributed by atoms with E-state index in [0.29, 0.717) is 12.1 Å². The van der Waals surface area contributed by atoms with Gasteiger partial charge in [-0.15, -0.1) is 0 Å². The molecule has 0 radical (unpaired) electrons. The minimum absolute atomic E-state index is 0.360. The van der Waals surface area contributed by atoms with Gasteiger partial charge in [0, 0.05) is 32.2 Å². The number of rotatable bonds is 1. The van der Waals surface area contributed by atoms with Gasteiger partial charge in [-0.05, 0) is 57.0 Å². The number of methoxy groups -OCH3 is 1. The zero-order valence-corrected chi connectivity index (χ0v) is 13.3. The van der Waals surface area contributed by atoms with Crippen LogP contribution in [0.1, 0.15) is 38.5 Å². The summed E-state index contributed by atoms with van der Waals surface area (Å²) in [7, 11) is 1.85. The summed E-state index contributed by atoms with van der Waals surface area (Å²) in [4.78, 5) is 6.58. The van der Waals surface area contributed by atoms with Crippen LogP contribution in [0.5, 0.6) is 0 Å². The summed E-state index contributed by atoms with van der Waals surface area (Å²) in [6.45, 7) is 3.89. The van der Waals surface area contributed by atoms with E-state index < -0.39 is 0 Å². The lowest BCUT2D eigenvalue weighted by Gasteiger charge is -2.59. The molecule has 0 amide bonds. The molecule has 4 rings (SSSR count). The van der Waals surface area contributed by atoms with Gasteiger partial charge in [-0.1, -0.05) is 12.2 Å². The number of fused-ring (bicyclic) bond motifs is 2. The molecular formula is C16H26N2OS. The van der Waals surface area contributed by atoms with Crippen LogP contribution in [0.3, 0.4) is 0 Å². The van der Waals surface area contributed by atoms with E-state index >= 15 is 0 Å². The first-order valence-corrected chi connectivity index (χ1v) is 8.75. The second kappa shape index (κ2) is 5.22. The normalized spacial score (nSPS) is 45.0. The maximum absolute atomic E-state index is 5.72. The van der Waals surface area contributed by atoms with Crippen molar-refractivity contribution in [1.82, 2.24) is 9.80 Å². The molecule has 0 aromatic heterocycles. The van der Waals surface area contributed by atoms with Crippen molar-refractivity contribution in [1.29, 1.82) is 0 Å². The van der Waals surface area contributed by atoms with Crippen LogP contribution < -0.4 is 0 Å². The molecule has 0 spiro atoms. The molecule has 4 heteroatoms. The van der Waals surface area contributed by atoms with E-state index in [-0.39, 0.29) is 0 Å². The van der Waals surface area contributed by atoms with E-state index in [9.17, 15) is 0 Å². The predicted molar refractivity (Wildman–Crippen MR) is 83.9 cm³/mol. The van der Waals surface area contributed by atoms with E-state index in [2.05, 4.69) is 9.80 Å². The molecule has 5 atom stereocenters. The molecule has 4 aliphatic rings. The van der Waals surface area contributed by atoms with E-state index in [4.69, 9.17) is 17.0 Å². The third-order valence-electron chi connectivity index (χ3n) is 6.23. The molecule has 112 valence electrons. The lowest BCUT2D eigenvalue weighted by atomic mass is 9.68. The average molecular weight is 294 g/mol. The lowest BCUT2D eigenvalue weighted by Crippen LogP contribution is -2.67. The van der Waals surface area contributed by atoms with Gasteiger partial charge in [0.1, 0.15) is 0 Å². The van der Waals surface area contributed by atoms with Gasteiger partial charge < -0.3 is 9.64 Å². The van der Waals surface area contributed by atoms with Gasteiger partial charge in [0.05, 0.1) is 11.1 Å². The van der Waals surface area contributed by atoms with Crippen molar-refractivity contribution >= 4 is 17.2 Å². The zero-order valence-electron chi connectivity index (χ0n) is 12.5. The molecule has 4 unspecified atom stereocenters. The first kappa shape index (κ1) is 13.5. The molecule has 4 heterocycles. The van der Waals surface area contributed by atoms with Crippen LogP contribution in [0.2, 0.25) is 0 Å². The summed E-state index contributed by atoms with van der Waals surface area (Å²) in [6, 6.07) is 1.50. The van der Waals surface area contributed by atoms with Crippen LogP contribution >= 0.6 is 12.2 Å². The zero-order chi connectivity index (χ0) is 13.7. The second-order valence-electron chi connectivity index (χ2n) is 7.15. The number of nitrogens with zero attached hydrogens (tertiary/aromatic N) is 2. The van der Waals surface area contributed by atoms with Gasteiger partial charge >= 0.3 is 0 Å². The Labute approximate surface area is 127 Å². The highest BCUT2D eigenvalue weighted by atomic mass is 32.1. The molecule has 0 aromatic carbocycles. The Morgan fingerprint density at radius 3 is 2.80 bits per heavy atom. The van der Waals surface area contributed by atoms with Crippen LogP contribution in [0, 0.1) is 11.8 Å². The Kier molecular flexibility index (Phi) is 3.52. The summed E-state index contributed by atoms with van der Waals surface area (Å²) < 4.78 is 5.66. The van der Waals surface area contributed by atoms with Gasteiger partial charge in [0.2, 0.25) is 0 Å². The van der Waals surface area contributed by atoms with Gasteiger partial charge in [0.15, 0.2) is 0 Å². The SMILES string of the molecule is COC1CC(=S)N2CC3CCCN4CCCC(C34)[C@H]2C1. The molecule has 4 aliphatic heterocycles. The molecule has 3 nitrogen and oxygen atoms in total. The minimum atomic E-state index is 0.360. The minimum Gasteiger partial charge on any atom is -0.381 e. The average Bonchev–Trinajstić information content (AvgIpc) is 2.48. The van der Waals surface area contributed by atoms with Crippen LogP contribution in [0.15, 0.2) is 0 Å². The molecule has 0 bridgehead atoms. The first-order valence-electron chi connectivity index (χ1n) is 8.34. The molecule has 20 heavy (non-hydrogen) atoms. The third-order valence-corrected chi connectivity index (χ3v) is 6.63. The van der Waals surface area contributed by atoms with Gasteiger partial charge in [-0.25, -0.2) is 0 Å². The summed E-state index contributed by atoms with van der Waals surface area (Å²) >= 11 is 5.72. The monoisotopic (exact) mass is 294 g/mol. The van der Waals surface area contributed by atoms with Crippen LogP contribution in [0.25, 0.3) is 0 Å². The highest BCUT2D eigenvalue weighted by Gasteiger charge is 2.50. The highest BCUT2D eigenvalue weighted by molar-refractivity contribution is 7.80. The smallest absolute Gasteiger partial charge is 0.0808 e. The standard InChI is InChI=1S/C16H26N2OS/c1-19-12-8-14-13-5-3-7-17-6-2-4-11(16(13)17)10-18(14)15(20)9-12/h11-14,16H,2-10H2,1H3/t11?,12?,13?,14-,16?/m1/s1. The Bertz CT molecular complexity index is 400. The van der Waals surface area contributed by atoms with Gasteiger partial charge in [-0.2, -0.15) is 0 Å². The highest BCUT2D eigenvalue weighted by Crippen LogP contribution is 2.45. The number of thiocarbonyl (C=S) groups is 1. The third kappa shape index (κ3) is 2.03. The van der Waals surface area contributed by atoms with Crippen LogP contribution in [-0.4, -0.2) is 59.7 Å². The molecular weight excluding hydrogens is 268 g/mol. The molecule has 4 saturated heterocycles. The molecule has 0 aliphatic carbocycles. The van der Waals surface area contributed by atoms with Crippen LogP contribution in [0.4, 0.5) is 0 Å². The topological polar surface area (TPSA) is 15.7 Å². The number of hydrogen-bond donors (Lipinski definition) is 0. The fourth-order valence-electron chi connectivity index (χ4n) is 5.43. The fraction of sp³-hybridized carbons (Fsp3) is 0.938. The number of ether oxygens (including phenoxy) is 1. The van der Waals surface area contributed by atoms with Crippen molar-refractivity contribution in [2.45, 2.75) is 56.7 Å². The first-order chi connectivity index (χ1) is 9.78. The molecule has 0 saturated carbocycles. The Morgan fingerprint density at radius 2 is 2.00 bits per heavy atom. The van der Waals surface area contributed by atoms with Crippen LogP contribution in [-0.2, 0) is 4.74 Å². The maximum atomic E-state index is 5.72. The molecule has 0 N–H and O–H groups in total. The summed E-state index contributed by atoms with van der Waals surface area (Å²) in [5, 5.41) is 0. The van der Waals surface area contributed by atoms with Crippen molar-refractivity contribution in [3.8, 4) is 0 Å². The van der Waals surface area contributed by atoms with Crippen molar-refractivity contribution in [2.75, 3.05) is 26.7 Å². The fourth-order valence-corrected chi connectivity index (χ4v) is 5.82. The van der Waals surface area contributed by atoms with Crippen molar-refractivity contribution < 1.29 is 4.74 Å². The van der Waals surface area contributed by atoms with Gasteiger partial charge in [-0.3, -0.25) is 4.90 Å². The van der Waals surface area contributed by atoms with E-state index in [1.807, 2.05) is 7.11 Å². The van der Waals surface area contributed by atoms with E-state index in [1.165, 1.54) is 56.7 Å². The van der Waals surface area contributed by atoms with E-state index in [0.717, 1.165) is 24.3 Å². The number of hydrogen-bond acceptors (Lipinski definition) is 3. The Morgan fingerprint density at radius 1 is 1.20 bits per heavy atom. The van der Waals surface area contributed by atoms with Crippen molar-refractivity contribution in [3.05, 3.63) is 0 Å². The predicted octanol–water partition coefficient (Wildman–Crippen LogP) is 2.30. The second-order valence-corrected chi connectivity index (χ2v) is 7.62. The summed E-state index contributed by atoms with van der Waals surface area (Å²) in [6.07, 6.45) is 8.10. The molecule has 0 aromatic rings. The van der Waals surface area contributed by atoms with Gasteiger partial charge in [0.25, 0.3) is 0 Å². The quantitative estimate of drug-likeness (QED) is 0.689. The maximum Gasteiger partial charge on any atom is 0.0808 e. The van der Waals surface area contributed by atoms with E-state index in [1.54, 1.807) is 0 Å². The Hall–Kier alpha value is -0.190. The van der Waals surface area contributed by atoms with Crippen molar-refractivity contribution in [3.63, 3.8) is 0 Å². The Balaban J connectivity index is 1.63. The number of piperidine rings is 4.